The molecule has 3 amide bonds. The van der Waals surface area contributed by atoms with Crippen molar-refractivity contribution in [1.29, 1.82) is 0 Å². The zero-order chi connectivity index (χ0) is 14.7. The van der Waals surface area contributed by atoms with Crippen molar-refractivity contribution < 1.29 is 9.59 Å². The number of carbonyl (C=O) groups excluding carboxylic acids is 2. The second-order valence-electron chi connectivity index (χ2n) is 4.80. The van der Waals surface area contributed by atoms with Crippen LogP contribution < -0.4 is 15.5 Å². The van der Waals surface area contributed by atoms with E-state index in [1.54, 1.807) is 6.07 Å². The van der Waals surface area contributed by atoms with Gasteiger partial charge in [-0.05, 0) is 17.7 Å². The second-order valence-corrected chi connectivity index (χ2v) is 4.80. The molecule has 2 aromatic carbocycles. The van der Waals surface area contributed by atoms with Crippen LogP contribution in [0.15, 0.2) is 54.6 Å². The predicted molar refractivity (Wildman–Crippen MR) is 81.1 cm³/mol. The van der Waals surface area contributed by atoms with E-state index in [4.69, 9.17) is 0 Å². The molecular formula is C16H15N3O2. The Morgan fingerprint density at radius 1 is 1.10 bits per heavy atom. The number of nitrogens with zero attached hydrogens (tertiary/aromatic N) is 1. The summed E-state index contributed by atoms with van der Waals surface area (Å²) in [6.07, 6.45) is 0. The first kappa shape index (κ1) is 13.2. The average molecular weight is 281 g/mol. The van der Waals surface area contributed by atoms with E-state index in [0.29, 0.717) is 17.9 Å². The monoisotopic (exact) mass is 281 g/mol. The number of urea groups is 1. The minimum atomic E-state index is -0.277. The van der Waals surface area contributed by atoms with Crippen LogP contribution in [0.4, 0.5) is 16.2 Å². The zero-order valence-corrected chi connectivity index (χ0v) is 11.4. The first-order chi connectivity index (χ1) is 10.2. The third kappa shape index (κ3) is 2.86. The molecule has 0 saturated carbocycles. The van der Waals surface area contributed by atoms with Crippen LogP contribution in [0.5, 0.6) is 0 Å². The fraction of sp³-hybridized carbons (Fsp3) is 0.125. The van der Waals surface area contributed by atoms with Crippen LogP contribution in [0.1, 0.15) is 5.56 Å². The van der Waals surface area contributed by atoms with E-state index < -0.39 is 0 Å². The molecule has 1 heterocycles. The summed E-state index contributed by atoms with van der Waals surface area (Å²) in [6, 6.07) is 16.6. The van der Waals surface area contributed by atoms with E-state index >= 15 is 0 Å². The van der Waals surface area contributed by atoms with E-state index in [9.17, 15) is 9.59 Å². The Balaban J connectivity index is 1.74. The molecule has 0 aromatic heterocycles. The van der Waals surface area contributed by atoms with Crippen LogP contribution >= 0.6 is 0 Å². The largest absolute Gasteiger partial charge is 0.334 e. The lowest BCUT2D eigenvalue weighted by Gasteiger charge is -2.29. The molecule has 0 saturated heterocycles. The summed E-state index contributed by atoms with van der Waals surface area (Å²) in [4.78, 5) is 25.5. The van der Waals surface area contributed by atoms with Gasteiger partial charge < -0.3 is 10.6 Å². The van der Waals surface area contributed by atoms with Crippen molar-refractivity contribution in [3.05, 3.63) is 60.2 Å². The van der Waals surface area contributed by atoms with Gasteiger partial charge in [0.05, 0.1) is 11.4 Å². The van der Waals surface area contributed by atoms with Gasteiger partial charge in [-0.15, -0.1) is 0 Å². The molecular weight excluding hydrogens is 266 g/mol. The van der Waals surface area contributed by atoms with Crippen molar-refractivity contribution in [2.75, 3.05) is 16.8 Å². The maximum atomic E-state index is 12.3. The minimum Gasteiger partial charge on any atom is -0.334 e. The van der Waals surface area contributed by atoms with Gasteiger partial charge in [0.2, 0.25) is 5.91 Å². The lowest BCUT2D eigenvalue weighted by atomic mass is 10.2. The van der Waals surface area contributed by atoms with Crippen LogP contribution in [0.2, 0.25) is 0 Å². The lowest BCUT2D eigenvalue weighted by molar-refractivity contribution is -0.115. The van der Waals surface area contributed by atoms with Gasteiger partial charge in [0.25, 0.3) is 0 Å². The molecule has 1 aliphatic heterocycles. The predicted octanol–water partition coefficient (Wildman–Crippen LogP) is 2.35. The highest BCUT2D eigenvalue weighted by Crippen LogP contribution is 2.28. The number of fused-ring (bicyclic) bond motifs is 1. The summed E-state index contributed by atoms with van der Waals surface area (Å²) in [5, 5.41) is 5.60. The number of nitrogens with one attached hydrogen (secondary N) is 2. The van der Waals surface area contributed by atoms with Crippen LogP contribution in [0, 0.1) is 0 Å². The number of para-hydroxylation sites is 2. The molecule has 2 aromatic rings. The summed E-state index contributed by atoms with van der Waals surface area (Å²) >= 11 is 0. The quantitative estimate of drug-likeness (QED) is 0.887. The lowest BCUT2D eigenvalue weighted by Crippen LogP contribution is -2.46. The molecule has 0 aliphatic carbocycles. The summed E-state index contributed by atoms with van der Waals surface area (Å²) in [5.41, 5.74) is 2.38. The third-order valence-electron chi connectivity index (χ3n) is 3.30. The van der Waals surface area contributed by atoms with Crippen molar-refractivity contribution >= 4 is 23.3 Å². The van der Waals surface area contributed by atoms with Crippen molar-refractivity contribution in [2.45, 2.75) is 6.54 Å². The molecule has 0 fully saturated rings. The highest BCUT2D eigenvalue weighted by molar-refractivity contribution is 6.09. The molecule has 0 atom stereocenters. The number of carbonyl (C=O) groups is 2. The Labute approximate surface area is 122 Å². The number of hydrogen-bond donors (Lipinski definition) is 2. The number of anilines is 2. The van der Waals surface area contributed by atoms with Gasteiger partial charge in [0.1, 0.15) is 6.54 Å². The summed E-state index contributed by atoms with van der Waals surface area (Å²) in [5.74, 6) is -0.191. The molecule has 5 heteroatoms. The molecule has 21 heavy (non-hydrogen) atoms. The maximum Gasteiger partial charge on any atom is 0.322 e. The maximum absolute atomic E-state index is 12.3. The number of hydrogen-bond acceptors (Lipinski definition) is 2. The van der Waals surface area contributed by atoms with Gasteiger partial charge in [-0.25, -0.2) is 4.79 Å². The normalized spacial score (nSPS) is 13.3. The van der Waals surface area contributed by atoms with Crippen LogP contribution in [0.3, 0.4) is 0 Å². The van der Waals surface area contributed by atoms with E-state index in [2.05, 4.69) is 10.6 Å². The molecule has 5 nitrogen and oxygen atoms in total. The summed E-state index contributed by atoms with van der Waals surface area (Å²) in [7, 11) is 0. The molecule has 0 spiro atoms. The van der Waals surface area contributed by atoms with E-state index in [1.165, 1.54) is 4.90 Å². The molecule has 0 unspecified atom stereocenters. The van der Waals surface area contributed by atoms with Gasteiger partial charge in [-0.2, -0.15) is 0 Å². The van der Waals surface area contributed by atoms with E-state index in [0.717, 1.165) is 5.56 Å². The molecule has 1 aliphatic rings. The smallest absolute Gasteiger partial charge is 0.322 e. The fourth-order valence-corrected chi connectivity index (χ4v) is 2.28. The molecule has 106 valence electrons. The number of rotatable bonds is 2. The Kier molecular flexibility index (Phi) is 3.55. The zero-order valence-electron chi connectivity index (χ0n) is 11.4. The highest BCUT2D eigenvalue weighted by Gasteiger charge is 2.26. The second kappa shape index (κ2) is 5.66. The minimum absolute atomic E-state index is 0.0254. The van der Waals surface area contributed by atoms with Crippen molar-refractivity contribution in [3.63, 3.8) is 0 Å². The Morgan fingerprint density at radius 3 is 2.62 bits per heavy atom. The first-order valence-corrected chi connectivity index (χ1v) is 6.72. The van der Waals surface area contributed by atoms with Crippen LogP contribution in [-0.2, 0) is 11.3 Å². The average Bonchev–Trinajstić information content (AvgIpc) is 2.52. The number of benzene rings is 2. The summed E-state index contributed by atoms with van der Waals surface area (Å²) in [6.45, 7) is 0.456. The highest BCUT2D eigenvalue weighted by atomic mass is 16.2. The van der Waals surface area contributed by atoms with Gasteiger partial charge in [-0.3, -0.25) is 9.69 Å². The van der Waals surface area contributed by atoms with Crippen molar-refractivity contribution in [1.82, 2.24) is 5.32 Å². The van der Waals surface area contributed by atoms with Gasteiger partial charge >= 0.3 is 6.03 Å². The SMILES string of the molecule is O=C1CN(C(=O)NCc2ccccc2)c2ccccc2N1. The van der Waals surface area contributed by atoms with Crippen LogP contribution in [0.25, 0.3) is 0 Å². The van der Waals surface area contributed by atoms with E-state index in [1.807, 2.05) is 48.5 Å². The van der Waals surface area contributed by atoms with Gasteiger partial charge in [0.15, 0.2) is 0 Å². The third-order valence-corrected chi connectivity index (χ3v) is 3.30. The Bertz CT molecular complexity index is 670. The first-order valence-electron chi connectivity index (χ1n) is 6.72. The Hall–Kier alpha value is -2.82. The standard InChI is InChI=1S/C16H15N3O2/c20-15-11-19(14-9-5-4-8-13(14)18-15)16(21)17-10-12-6-2-1-3-7-12/h1-9H,10-11H2,(H,17,21)(H,18,20). The number of amides is 3. The van der Waals surface area contributed by atoms with E-state index in [-0.39, 0.29) is 18.5 Å². The molecule has 3 rings (SSSR count). The fourth-order valence-electron chi connectivity index (χ4n) is 2.28. The summed E-state index contributed by atoms with van der Waals surface area (Å²) < 4.78 is 0. The van der Waals surface area contributed by atoms with Crippen molar-refractivity contribution in [2.24, 2.45) is 0 Å². The van der Waals surface area contributed by atoms with Crippen LogP contribution in [-0.4, -0.2) is 18.5 Å². The topological polar surface area (TPSA) is 61.4 Å². The van der Waals surface area contributed by atoms with Crippen molar-refractivity contribution in [3.8, 4) is 0 Å². The Morgan fingerprint density at radius 2 is 1.81 bits per heavy atom. The van der Waals surface area contributed by atoms with Gasteiger partial charge in [-0.1, -0.05) is 42.5 Å². The molecule has 0 bridgehead atoms. The molecule has 2 N–H and O–H groups in total. The molecule has 0 radical (unpaired) electrons. The van der Waals surface area contributed by atoms with Gasteiger partial charge in [0, 0.05) is 6.54 Å².